The van der Waals surface area contributed by atoms with E-state index in [1.165, 1.54) is 23.1 Å². The van der Waals surface area contributed by atoms with Gasteiger partial charge in [0.15, 0.2) is 0 Å². The molecule has 4 fully saturated rings. The van der Waals surface area contributed by atoms with E-state index in [2.05, 4.69) is 54.6 Å². The quantitative estimate of drug-likeness (QED) is 0.460. The van der Waals surface area contributed by atoms with Gasteiger partial charge in [0, 0.05) is 0 Å². The molecule has 31 heavy (non-hydrogen) atoms. The molecule has 0 nitrogen and oxygen atoms in total. The van der Waals surface area contributed by atoms with Crippen LogP contribution < -0.4 is 28.1 Å². The first-order chi connectivity index (χ1) is 14.3. The average molecular weight is 527 g/mol. The van der Waals surface area contributed by atoms with Gasteiger partial charge in [-0.15, -0.1) is 0 Å². The second-order valence-corrected chi connectivity index (χ2v) is 13.8. The molecular formula is C28H28Cl2Zr. The van der Waals surface area contributed by atoms with Crippen LogP contribution in [-0.2, 0) is 29.7 Å². The molecule has 0 spiro atoms. The molecule has 4 bridgehead atoms. The molecule has 6 aliphatic rings. The Morgan fingerprint density at radius 1 is 0.742 bits per heavy atom. The summed E-state index contributed by atoms with van der Waals surface area (Å²) in [5, 5.41) is 0. The molecule has 0 aliphatic heterocycles. The van der Waals surface area contributed by atoms with Crippen LogP contribution in [0.5, 0.6) is 0 Å². The smallest absolute Gasteiger partial charge is 1.00 e. The van der Waals surface area contributed by atoms with Gasteiger partial charge in [-0.25, -0.2) is 0 Å². The van der Waals surface area contributed by atoms with E-state index in [4.69, 9.17) is 0 Å². The van der Waals surface area contributed by atoms with Gasteiger partial charge in [-0.2, -0.15) is 0 Å². The molecule has 0 atom stereocenters. The molecular weight excluding hydrogens is 498 g/mol. The molecule has 6 aliphatic carbocycles. The molecule has 0 N–H and O–H groups in total. The van der Waals surface area contributed by atoms with Crippen LogP contribution in [0.4, 0.5) is 0 Å². The van der Waals surface area contributed by atoms with Gasteiger partial charge in [-0.05, 0) is 0 Å². The van der Waals surface area contributed by atoms with Crippen molar-refractivity contribution in [2.45, 2.75) is 44.9 Å². The summed E-state index contributed by atoms with van der Waals surface area (Å²) in [5.74, 6) is 5.14. The zero-order chi connectivity index (χ0) is 18.9. The summed E-state index contributed by atoms with van der Waals surface area (Å²) in [6.07, 6.45) is 15.5. The Morgan fingerprint density at radius 2 is 1.45 bits per heavy atom. The maximum atomic E-state index is 2.71. The first kappa shape index (κ1) is 22.2. The fraction of sp³-hybridized carbons (Fsp3) is 0.429. The van der Waals surface area contributed by atoms with Crippen molar-refractivity contribution >= 4 is 3.27 Å². The fourth-order valence-electron chi connectivity index (χ4n) is 7.78. The Balaban J connectivity index is 0.00000102. The Morgan fingerprint density at radius 3 is 2.23 bits per heavy atom. The molecule has 2 aromatic rings. The Labute approximate surface area is 210 Å². The standard InChI is InChI=1S/C15H19.C13H9.2ClH.Zr/c1-2-4-12(3-1)15-13-6-10-5-11(8-13)9-14(15)7-10;1-3-7-12-10(5-1)9-11-6-2-4-8-13(11)12;;;/h3-4,10-11,13-15H,1,5-9H2;1-5,7-8H,9H2;2*1H;/q;;;;+2/p-2. The van der Waals surface area contributed by atoms with E-state index in [-0.39, 0.29) is 24.8 Å². The van der Waals surface area contributed by atoms with Crippen molar-refractivity contribution in [3.05, 3.63) is 74.6 Å². The van der Waals surface area contributed by atoms with Gasteiger partial charge in [-0.1, -0.05) is 0 Å². The van der Waals surface area contributed by atoms with Crippen LogP contribution in [0.15, 0.2) is 63.5 Å². The van der Waals surface area contributed by atoms with Crippen LogP contribution in [0, 0.1) is 29.6 Å². The van der Waals surface area contributed by atoms with Crippen molar-refractivity contribution in [3.8, 4) is 11.1 Å². The van der Waals surface area contributed by atoms with Crippen molar-refractivity contribution < 1.29 is 48.0 Å². The molecule has 0 saturated heterocycles. The summed E-state index contributed by atoms with van der Waals surface area (Å²) in [5.41, 5.74) is 7.96. The predicted molar refractivity (Wildman–Crippen MR) is 116 cm³/mol. The van der Waals surface area contributed by atoms with E-state index in [0.717, 1.165) is 36.0 Å². The molecule has 0 unspecified atom stereocenters. The van der Waals surface area contributed by atoms with Gasteiger partial charge >= 0.3 is 187 Å². The predicted octanol–water partition coefficient (Wildman–Crippen LogP) is 0.260. The summed E-state index contributed by atoms with van der Waals surface area (Å²) in [6.45, 7) is 0. The van der Waals surface area contributed by atoms with E-state index in [1.807, 2.05) is 3.28 Å². The molecule has 3 heteroatoms. The van der Waals surface area contributed by atoms with E-state index in [0.29, 0.717) is 0 Å². The minimum atomic E-state index is -0.689. The van der Waals surface area contributed by atoms with Crippen LogP contribution in [0.1, 0.15) is 49.7 Å². The maximum Gasteiger partial charge on any atom is -1.00 e. The zero-order valence-corrected chi connectivity index (χ0v) is 21.8. The van der Waals surface area contributed by atoms with E-state index in [1.54, 1.807) is 46.5 Å². The third-order valence-electron chi connectivity index (χ3n) is 8.66. The van der Waals surface area contributed by atoms with E-state index < -0.39 is 23.2 Å². The Kier molecular flexibility index (Phi) is 6.17. The topological polar surface area (TPSA) is 0 Å². The molecule has 2 aromatic carbocycles. The first-order valence-electron chi connectivity index (χ1n) is 11.7. The zero-order valence-electron chi connectivity index (χ0n) is 17.8. The number of hydrogen-bond acceptors (Lipinski definition) is 0. The molecule has 0 aromatic heterocycles. The third-order valence-corrected chi connectivity index (χ3v) is 12.1. The normalized spacial score (nSPS) is 31.0. The minimum Gasteiger partial charge on any atom is -1.00 e. The summed E-state index contributed by atoms with van der Waals surface area (Å²) in [4.78, 5) is 0. The average Bonchev–Trinajstić information content (AvgIpc) is 3.33. The Bertz CT molecular complexity index is 1040. The van der Waals surface area contributed by atoms with Gasteiger partial charge in [0.2, 0.25) is 0 Å². The summed E-state index contributed by atoms with van der Waals surface area (Å²) in [7, 11) is 0. The molecule has 8 rings (SSSR count). The van der Waals surface area contributed by atoms with Crippen LogP contribution in [-0.4, -0.2) is 0 Å². The minimum absolute atomic E-state index is 0. The number of rotatable bonds is 3. The monoisotopic (exact) mass is 524 g/mol. The van der Waals surface area contributed by atoms with Gasteiger partial charge in [0.1, 0.15) is 0 Å². The van der Waals surface area contributed by atoms with Gasteiger partial charge < -0.3 is 24.8 Å². The third kappa shape index (κ3) is 3.68. The van der Waals surface area contributed by atoms with Crippen LogP contribution in [0.25, 0.3) is 11.1 Å². The van der Waals surface area contributed by atoms with Crippen LogP contribution in [0.3, 0.4) is 0 Å². The largest absolute Gasteiger partial charge is 1.00 e. The summed E-state index contributed by atoms with van der Waals surface area (Å²) < 4.78 is 3.55. The van der Waals surface area contributed by atoms with Crippen molar-refractivity contribution in [2.24, 2.45) is 29.6 Å². The molecule has 0 amide bonds. The second kappa shape index (κ2) is 8.63. The first-order valence-corrected chi connectivity index (χ1v) is 14.2. The van der Waals surface area contributed by atoms with E-state index in [9.17, 15) is 0 Å². The second-order valence-electron chi connectivity index (χ2n) is 10.3. The van der Waals surface area contributed by atoms with Crippen LogP contribution in [0.2, 0.25) is 0 Å². The van der Waals surface area contributed by atoms with E-state index >= 15 is 0 Å². The van der Waals surface area contributed by atoms with Gasteiger partial charge in [0.05, 0.1) is 0 Å². The SMILES string of the molecule is C1=[C]([Zr+2][c]2cccc3c2Cc2ccccc2-3)CC=C1C1C2CC3CC(C2)CC1C3.[Cl-].[Cl-]. The fourth-order valence-corrected chi connectivity index (χ4v) is 11.1. The molecule has 0 heterocycles. The van der Waals surface area contributed by atoms with Crippen molar-refractivity contribution in [2.75, 3.05) is 0 Å². The number of hydrogen-bond donors (Lipinski definition) is 0. The maximum absolute atomic E-state index is 2.71. The van der Waals surface area contributed by atoms with Gasteiger partial charge in [0.25, 0.3) is 0 Å². The Hall–Kier alpha value is -0.617. The summed E-state index contributed by atoms with van der Waals surface area (Å²) in [6, 6.07) is 16.2. The number of benzene rings is 2. The van der Waals surface area contributed by atoms with Crippen molar-refractivity contribution in [3.63, 3.8) is 0 Å². The number of fused-ring (bicyclic) bond motifs is 3. The number of allylic oxidation sites excluding steroid dienone is 4. The molecule has 4 saturated carbocycles. The van der Waals surface area contributed by atoms with Gasteiger partial charge in [-0.3, -0.25) is 0 Å². The molecule has 0 radical (unpaired) electrons. The van der Waals surface area contributed by atoms with Crippen LogP contribution >= 0.6 is 0 Å². The molecule has 158 valence electrons. The summed E-state index contributed by atoms with van der Waals surface area (Å²) >= 11 is -0.689. The van der Waals surface area contributed by atoms with Crippen molar-refractivity contribution in [1.82, 2.24) is 0 Å². The van der Waals surface area contributed by atoms with Crippen molar-refractivity contribution in [1.29, 1.82) is 0 Å². The number of halogens is 2.